The predicted molar refractivity (Wildman–Crippen MR) is 114 cm³/mol. The molecule has 1 N–H and O–H groups in total. The van der Waals surface area contributed by atoms with Gasteiger partial charge in [-0.25, -0.2) is 8.42 Å². The number of rotatable bonds is 6. The molecule has 2 aromatic rings. The molecular weight excluding hydrogens is 416 g/mol. The van der Waals surface area contributed by atoms with Crippen molar-refractivity contribution in [3.05, 3.63) is 48.0 Å². The predicted octanol–water partition coefficient (Wildman–Crippen LogP) is 3.40. The summed E-state index contributed by atoms with van der Waals surface area (Å²) in [6.07, 6.45) is 3.80. The molecule has 9 heteroatoms. The van der Waals surface area contributed by atoms with Gasteiger partial charge in [0.25, 0.3) is 15.9 Å². The molecule has 1 amide bonds. The molecule has 28 heavy (non-hydrogen) atoms. The zero-order valence-corrected chi connectivity index (χ0v) is 18.1. The van der Waals surface area contributed by atoms with Crippen LogP contribution >= 0.6 is 23.5 Å². The van der Waals surface area contributed by atoms with Gasteiger partial charge in [0.15, 0.2) is 0 Å². The van der Waals surface area contributed by atoms with Gasteiger partial charge in [0.05, 0.1) is 23.7 Å². The Labute approximate surface area is 174 Å². The smallest absolute Gasteiger partial charge is 0.261 e. The van der Waals surface area contributed by atoms with E-state index >= 15 is 0 Å². The summed E-state index contributed by atoms with van der Waals surface area (Å²) in [7, 11) is -3.81. The lowest BCUT2D eigenvalue weighted by molar-refractivity contribution is 0.0300. The quantitative estimate of drug-likeness (QED) is 0.697. The molecule has 0 bridgehead atoms. The van der Waals surface area contributed by atoms with E-state index in [1.807, 2.05) is 18.6 Å². The highest BCUT2D eigenvalue weighted by molar-refractivity contribution is 7.99. The van der Waals surface area contributed by atoms with E-state index in [1.54, 1.807) is 29.2 Å². The highest BCUT2D eigenvalue weighted by Crippen LogP contribution is 2.27. The molecule has 0 unspecified atom stereocenters. The molecule has 0 atom stereocenters. The van der Waals surface area contributed by atoms with E-state index in [9.17, 15) is 13.2 Å². The van der Waals surface area contributed by atoms with Gasteiger partial charge in [0.1, 0.15) is 0 Å². The van der Waals surface area contributed by atoms with Gasteiger partial charge in [0.2, 0.25) is 0 Å². The van der Waals surface area contributed by atoms with Crippen LogP contribution in [0.25, 0.3) is 0 Å². The zero-order chi connectivity index (χ0) is 20.1. The van der Waals surface area contributed by atoms with E-state index in [0.29, 0.717) is 37.6 Å². The van der Waals surface area contributed by atoms with Gasteiger partial charge in [-0.1, -0.05) is 6.07 Å². The molecule has 1 saturated heterocycles. The molecule has 0 spiro atoms. The van der Waals surface area contributed by atoms with Crippen molar-refractivity contribution in [2.24, 2.45) is 0 Å². The van der Waals surface area contributed by atoms with E-state index in [-0.39, 0.29) is 10.8 Å². The molecule has 1 heterocycles. The molecule has 0 aromatic heterocycles. The van der Waals surface area contributed by atoms with Gasteiger partial charge in [-0.3, -0.25) is 9.52 Å². The first kappa shape index (κ1) is 21.0. The van der Waals surface area contributed by atoms with Crippen molar-refractivity contribution in [2.45, 2.75) is 14.7 Å². The Bertz CT molecular complexity index is 957. The molecule has 2 aromatic carbocycles. The fraction of sp³-hybridized carbons (Fsp3) is 0.316. The Morgan fingerprint density at radius 2 is 1.82 bits per heavy atom. The maximum Gasteiger partial charge on any atom is 0.261 e. The van der Waals surface area contributed by atoms with E-state index < -0.39 is 10.0 Å². The Kier molecular flexibility index (Phi) is 6.92. The van der Waals surface area contributed by atoms with Crippen LogP contribution < -0.4 is 4.72 Å². The number of benzene rings is 2. The highest BCUT2D eigenvalue weighted by Gasteiger charge is 2.24. The lowest BCUT2D eigenvalue weighted by atomic mass is 10.2. The largest absolute Gasteiger partial charge is 0.378 e. The number of sulfonamides is 1. The minimum Gasteiger partial charge on any atom is -0.378 e. The number of anilines is 1. The van der Waals surface area contributed by atoms with Gasteiger partial charge < -0.3 is 9.64 Å². The van der Waals surface area contributed by atoms with Crippen LogP contribution in [0.4, 0.5) is 5.69 Å². The van der Waals surface area contributed by atoms with Crippen molar-refractivity contribution in [2.75, 3.05) is 43.5 Å². The number of hydrogen-bond donors (Lipinski definition) is 1. The van der Waals surface area contributed by atoms with Gasteiger partial charge in [-0.15, -0.1) is 23.5 Å². The van der Waals surface area contributed by atoms with Crippen molar-refractivity contribution in [1.29, 1.82) is 0 Å². The molecule has 6 nitrogen and oxygen atoms in total. The van der Waals surface area contributed by atoms with Gasteiger partial charge in [-0.05, 0) is 48.9 Å². The second-order valence-corrected chi connectivity index (χ2v) is 9.51. The lowest BCUT2D eigenvalue weighted by Gasteiger charge is -2.27. The number of nitrogens with zero attached hydrogens (tertiary/aromatic N) is 1. The third-order valence-electron chi connectivity index (χ3n) is 4.33. The maximum absolute atomic E-state index is 12.9. The second kappa shape index (κ2) is 9.21. The third kappa shape index (κ3) is 4.83. The standard InChI is InChI=1S/C19H22N2O4S3/c1-26-15-5-3-4-14(12-15)20-28(23,24)16-6-7-18(27-2)17(13-16)19(22)21-8-10-25-11-9-21/h3-7,12-13,20H,8-11H2,1-2H3. The fourth-order valence-electron chi connectivity index (χ4n) is 2.86. The third-order valence-corrected chi connectivity index (χ3v) is 7.23. The number of nitrogens with one attached hydrogen (secondary N) is 1. The van der Waals surface area contributed by atoms with E-state index in [4.69, 9.17) is 4.74 Å². The van der Waals surface area contributed by atoms with Crippen LogP contribution in [0, 0.1) is 0 Å². The summed E-state index contributed by atoms with van der Waals surface area (Å²) in [6.45, 7) is 1.99. The van der Waals surface area contributed by atoms with E-state index in [2.05, 4.69) is 4.72 Å². The van der Waals surface area contributed by atoms with Crippen molar-refractivity contribution in [3.63, 3.8) is 0 Å². The monoisotopic (exact) mass is 438 g/mol. The molecule has 1 aliphatic heterocycles. The summed E-state index contributed by atoms with van der Waals surface area (Å²) in [5.41, 5.74) is 0.886. The zero-order valence-electron chi connectivity index (χ0n) is 15.7. The average Bonchev–Trinajstić information content (AvgIpc) is 2.73. The molecule has 3 rings (SSSR count). The normalized spacial score (nSPS) is 14.7. The van der Waals surface area contributed by atoms with Crippen molar-refractivity contribution in [1.82, 2.24) is 4.90 Å². The molecule has 0 radical (unpaired) electrons. The number of carbonyl (C=O) groups excluding carboxylic acids is 1. The summed E-state index contributed by atoms with van der Waals surface area (Å²) in [4.78, 5) is 16.4. The first-order chi connectivity index (χ1) is 13.4. The fourth-order valence-corrected chi connectivity index (χ4v) is 4.96. The Hall–Kier alpha value is -1.68. The first-order valence-electron chi connectivity index (χ1n) is 8.66. The van der Waals surface area contributed by atoms with Crippen molar-refractivity contribution in [3.8, 4) is 0 Å². The molecule has 1 fully saturated rings. The minimum atomic E-state index is -3.81. The minimum absolute atomic E-state index is 0.0662. The maximum atomic E-state index is 12.9. The molecule has 0 aliphatic carbocycles. The van der Waals surface area contributed by atoms with Crippen molar-refractivity contribution >= 4 is 45.1 Å². The van der Waals surface area contributed by atoms with Crippen LogP contribution in [0.1, 0.15) is 10.4 Å². The molecule has 0 saturated carbocycles. The van der Waals surface area contributed by atoms with Crippen LogP contribution in [0.15, 0.2) is 57.2 Å². The van der Waals surface area contributed by atoms with Crippen molar-refractivity contribution < 1.29 is 17.9 Å². The number of carbonyl (C=O) groups is 1. The van der Waals surface area contributed by atoms with Crippen LogP contribution in [0.3, 0.4) is 0 Å². The molecule has 150 valence electrons. The summed E-state index contributed by atoms with van der Waals surface area (Å²) >= 11 is 2.95. The van der Waals surface area contributed by atoms with Gasteiger partial charge >= 0.3 is 0 Å². The Balaban J connectivity index is 1.91. The topological polar surface area (TPSA) is 75.7 Å². The van der Waals surface area contributed by atoms with Crippen LogP contribution in [0.2, 0.25) is 0 Å². The Morgan fingerprint density at radius 1 is 1.07 bits per heavy atom. The first-order valence-corrected chi connectivity index (χ1v) is 12.6. The summed E-state index contributed by atoms with van der Waals surface area (Å²) in [5, 5.41) is 0. The lowest BCUT2D eigenvalue weighted by Crippen LogP contribution is -2.40. The summed E-state index contributed by atoms with van der Waals surface area (Å²) in [6, 6.07) is 11.9. The molecular formula is C19H22N2O4S3. The van der Waals surface area contributed by atoms with E-state index in [0.717, 1.165) is 9.79 Å². The number of hydrogen-bond acceptors (Lipinski definition) is 6. The summed E-state index contributed by atoms with van der Waals surface area (Å²) < 4.78 is 33.7. The highest BCUT2D eigenvalue weighted by atomic mass is 32.2. The average molecular weight is 439 g/mol. The van der Waals surface area contributed by atoms with Gasteiger partial charge in [-0.2, -0.15) is 0 Å². The van der Waals surface area contributed by atoms with Crippen LogP contribution in [0.5, 0.6) is 0 Å². The van der Waals surface area contributed by atoms with E-state index in [1.165, 1.54) is 35.7 Å². The number of thioether (sulfide) groups is 2. The number of ether oxygens (including phenoxy) is 1. The SMILES string of the molecule is CSc1cccc(NS(=O)(=O)c2ccc(SC)c(C(=O)N3CCOCC3)c2)c1. The second-order valence-electron chi connectivity index (χ2n) is 6.10. The number of amides is 1. The van der Waals surface area contributed by atoms with Gasteiger partial charge in [0, 0.05) is 28.6 Å². The van der Waals surface area contributed by atoms with Crippen LogP contribution in [-0.2, 0) is 14.8 Å². The number of morpholine rings is 1. The Morgan fingerprint density at radius 3 is 2.50 bits per heavy atom. The van der Waals surface area contributed by atoms with Crippen LogP contribution in [-0.4, -0.2) is 58.0 Å². The summed E-state index contributed by atoms with van der Waals surface area (Å²) in [5.74, 6) is -0.172. The molecule has 1 aliphatic rings.